The van der Waals surface area contributed by atoms with Gasteiger partial charge >= 0.3 is 0 Å². The molecule has 16 heavy (non-hydrogen) atoms. The molecule has 0 saturated heterocycles. The van der Waals surface area contributed by atoms with E-state index in [0.29, 0.717) is 5.92 Å². The van der Waals surface area contributed by atoms with Gasteiger partial charge in [0.15, 0.2) is 0 Å². The highest BCUT2D eigenvalue weighted by atomic mass is 16.5. The van der Waals surface area contributed by atoms with Crippen molar-refractivity contribution < 1.29 is 9.84 Å². The van der Waals surface area contributed by atoms with Crippen LogP contribution in [0.4, 0.5) is 0 Å². The zero-order valence-corrected chi connectivity index (χ0v) is 10.2. The second-order valence-electron chi connectivity index (χ2n) is 5.08. The lowest BCUT2D eigenvalue weighted by Crippen LogP contribution is -2.10. The number of aliphatic hydroxyl groups is 1. The maximum absolute atomic E-state index is 8.69. The van der Waals surface area contributed by atoms with Gasteiger partial charge in [-0.1, -0.05) is 17.6 Å². The highest BCUT2D eigenvalue weighted by molar-refractivity contribution is 5.24. The van der Waals surface area contributed by atoms with E-state index in [0.717, 1.165) is 19.6 Å². The van der Waals surface area contributed by atoms with Gasteiger partial charge in [-0.05, 0) is 44.9 Å². The Hall–Kier alpha value is -0.340. The Balaban J connectivity index is 1.79. The minimum Gasteiger partial charge on any atom is -0.396 e. The summed E-state index contributed by atoms with van der Waals surface area (Å²) in [6.45, 7) is 1.85. The third kappa shape index (κ3) is 3.08. The van der Waals surface area contributed by atoms with Crippen LogP contribution in [0.3, 0.4) is 0 Å². The average Bonchev–Trinajstić information content (AvgIpc) is 2.54. The molecule has 0 unspecified atom stereocenters. The lowest BCUT2D eigenvalue weighted by atomic mass is 9.97. The molecule has 0 amide bonds. The maximum Gasteiger partial charge on any atom is 0.0531 e. The predicted octanol–water partition coefficient (Wildman–Crippen LogP) is 3.06. The number of hydrogen-bond donors (Lipinski definition) is 1. The van der Waals surface area contributed by atoms with Crippen LogP contribution in [-0.2, 0) is 4.74 Å². The van der Waals surface area contributed by atoms with Gasteiger partial charge in [0.2, 0.25) is 0 Å². The molecule has 0 saturated carbocycles. The first-order chi connectivity index (χ1) is 7.92. The Bertz CT molecular complexity index is 245. The Morgan fingerprint density at radius 2 is 2.00 bits per heavy atom. The fourth-order valence-corrected chi connectivity index (χ4v) is 3.05. The highest BCUT2D eigenvalue weighted by Crippen LogP contribution is 2.39. The normalized spacial score (nSPS) is 25.7. The first-order valence-electron chi connectivity index (χ1n) is 6.81. The quantitative estimate of drug-likeness (QED) is 0.574. The molecule has 0 aromatic carbocycles. The van der Waals surface area contributed by atoms with Gasteiger partial charge in [0.1, 0.15) is 0 Å². The van der Waals surface area contributed by atoms with Gasteiger partial charge in [0.25, 0.3) is 0 Å². The van der Waals surface area contributed by atoms with Crippen LogP contribution in [-0.4, -0.2) is 24.9 Å². The van der Waals surface area contributed by atoms with Gasteiger partial charge in [0.05, 0.1) is 6.61 Å². The summed E-state index contributed by atoms with van der Waals surface area (Å²) in [5.41, 5.74) is 3.50. The summed E-state index contributed by atoms with van der Waals surface area (Å²) < 4.78 is 5.65. The minimum atomic E-state index is 0.249. The van der Waals surface area contributed by atoms with E-state index in [1.54, 1.807) is 11.1 Å². The fraction of sp³-hybridized carbons (Fsp3) is 0.857. The monoisotopic (exact) mass is 224 g/mol. The zero-order chi connectivity index (χ0) is 11.2. The van der Waals surface area contributed by atoms with Crippen molar-refractivity contribution in [1.82, 2.24) is 0 Å². The predicted molar refractivity (Wildman–Crippen MR) is 65.4 cm³/mol. The number of allylic oxidation sites excluding steroid dienone is 1. The van der Waals surface area contributed by atoms with Crippen LogP contribution in [0.25, 0.3) is 0 Å². The minimum absolute atomic E-state index is 0.249. The molecule has 2 rings (SSSR count). The first kappa shape index (κ1) is 12.1. The van der Waals surface area contributed by atoms with Crippen LogP contribution in [0.5, 0.6) is 0 Å². The third-order valence-corrected chi connectivity index (χ3v) is 3.93. The lowest BCUT2D eigenvalue weighted by Gasteiger charge is -2.15. The van der Waals surface area contributed by atoms with Gasteiger partial charge in [-0.25, -0.2) is 0 Å². The second-order valence-corrected chi connectivity index (χ2v) is 5.08. The molecule has 2 aliphatic carbocycles. The van der Waals surface area contributed by atoms with Crippen molar-refractivity contribution in [3.8, 4) is 0 Å². The topological polar surface area (TPSA) is 29.5 Å². The van der Waals surface area contributed by atoms with Crippen molar-refractivity contribution in [2.24, 2.45) is 5.92 Å². The summed E-state index contributed by atoms with van der Waals surface area (Å²) in [6.07, 6.45) is 10.3. The summed E-state index contributed by atoms with van der Waals surface area (Å²) in [4.78, 5) is 0. The Morgan fingerprint density at radius 1 is 1.12 bits per heavy atom. The van der Waals surface area contributed by atoms with Crippen LogP contribution in [0.2, 0.25) is 0 Å². The van der Waals surface area contributed by atoms with Crippen molar-refractivity contribution in [3.05, 3.63) is 11.1 Å². The molecule has 92 valence electrons. The van der Waals surface area contributed by atoms with Gasteiger partial charge < -0.3 is 9.84 Å². The van der Waals surface area contributed by atoms with E-state index in [-0.39, 0.29) is 6.61 Å². The summed E-state index contributed by atoms with van der Waals surface area (Å²) in [5, 5.41) is 8.69. The molecule has 0 spiro atoms. The zero-order valence-electron chi connectivity index (χ0n) is 10.2. The highest BCUT2D eigenvalue weighted by Gasteiger charge is 2.25. The molecular weight excluding hydrogens is 200 g/mol. The SMILES string of the molecule is OCCCOC[C@@H]1CCC2=C1CCCCC2. The number of aliphatic hydroxyl groups excluding tert-OH is 1. The molecule has 0 heterocycles. The van der Waals surface area contributed by atoms with Gasteiger partial charge in [-0.3, -0.25) is 0 Å². The van der Waals surface area contributed by atoms with E-state index in [1.165, 1.54) is 44.9 Å². The molecule has 2 nitrogen and oxygen atoms in total. The van der Waals surface area contributed by atoms with E-state index in [1.807, 2.05) is 0 Å². The fourth-order valence-electron chi connectivity index (χ4n) is 3.05. The molecule has 0 aromatic heterocycles. The maximum atomic E-state index is 8.69. The smallest absolute Gasteiger partial charge is 0.0531 e. The molecule has 0 fully saturated rings. The third-order valence-electron chi connectivity index (χ3n) is 3.93. The summed E-state index contributed by atoms with van der Waals surface area (Å²) in [5.74, 6) is 0.701. The molecule has 0 aromatic rings. The van der Waals surface area contributed by atoms with Crippen LogP contribution < -0.4 is 0 Å². The summed E-state index contributed by atoms with van der Waals surface area (Å²) >= 11 is 0. The Labute approximate surface area is 98.7 Å². The lowest BCUT2D eigenvalue weighted by molar-refractivity contribution is 0.0945. The van der Waals surface area contributed by atoms with Gasteiger partial charge in [-0.15, -0.1) is 0 Å². The van der Waals surface area contributed by atoms with E-state index < -0.39 is 0 Å². The van der Waals surface area contributed by atoms with E-state index in [4.69, 9.17) is 9.84 Å². The Morgan fingerprint density at radius 3 is 2.88 bits per heavy atom. The van der Waals surface area contributed by atoms with E-state index in [9.17, 15) is 0 Å². The van der Waals surface area contributed by atoms with Crippen molar-refractivity contribution in [2.45, 2.75) is 51.4 Å². The van der Waals surface area contributed by atoms with Crippen LogP contribution in [0.15, 0.2) is 11.1 Å². The molecule has 2 aliphatic rings. The van der Waals surface area contributed by atoms with Crippen molar-refractivity contribution in [1.29, 1.82) is 0 Å². The Kier molecular flexibility index (Phi) is 4.86. The van der Waals surface area contributed by atoms with Crippen LogP contribution in [0, 0.1) is 5.92 Å². The summed E-state index contributed by atoms with van der Waals surface area (Å²) in [7, 11) is 0. The molecule has 0 aliphatic heterocycles. The molecule has 0 radical (unpaired) electrons. The largest absolute Gasteiger partial charge is 0.396 e. The average molecular weight is 224 g/mol. The van der Waals surface area contributed by atoms with Crippen molar-refractivity contribution in [2.75, 3.05) is 19.8 Å². The van der Waals surface area contributed by atoms with Crippen LogP contribution >= 0.6 is 0 Å². The van der Waals surface area contributed by atoms with Gasteiger partial charge in [0, 0.05) is 19.1 Å². The molecule has 1 N–H and O–H groups in total. The van der Waals surface area contributed by atoms with Crippen molar-refractivity contribution >= 4 is 0 Å². The number of ether oxygens (including phenoxy) is 1. The standard InChI is InChI=1S/C14H24O2/c15-9-4-10-16-11-13-8-7-12-5-2-1-3-6-14(12)13/h13,15H,1-11H2/t13-/m0/s1. The first-order valence-corrected chi connectivity index (χ1v) is 6.81. The molecule has 0 bridgehead atoms. The molecule has 2 heteroatoms. The van der Waals surface area contributed by atoms with Crippen LogP contribution in [0.1, 0.15) is 51.4 Å². The van der Waals surface area contributed by atoms with Gasteiger partial charge in [-0.2, -0.15) is 0 Å². The number of hydrogen-bond acceptors (Lipinski definition) is 2. The molecular formula is C14H24O2. The van der Waals surface area contributed by atoms with E-state index in [2.05, 4.69) is 0 Å². The number of rotatable bonds is 5. The van der Waals surface area contributed by atoms with Crippen molar-refractivity contribution in [3.63, 3.8) is 0 Å². The van der Waals surface area contributed by atoms with E-state index >= 15 is 0 Å². The second kappa shape index (κ2) is 6.41. The molecule has 1 atom stereocenters. The summed E-state index contributed by atoms with van der Waals surface area (Å²) in [6, 6.07) is 0.